The summed E-state index contributed by atoms with van der Waals surface area (Å²) < 4.78 is 0. The number of anilines is 1. The fourth-order valence-electron chi connectivity index (χ4n) is 2.41. The third kappa shape index (κ3) is 5.11. The lowest BCUT2D eigenvalue weighted by atomic mass is 9.86. The minimum atomic E-state index is -0.658. The van der Waals surface area contributed by atoms with Gasteiger partial charge in [0, 0.05) is 5.56 Å². The maximum atomic E-state index is 12.6. The lowest BCUT2D eigenvalue weighted by molar-refractivity contribution is -0.118. The lowest BCUT2D eigenvalue weighted by Gasteiger charge is -2.22. The molecule has 2 rings (SSSR count). The summed E-state index contributed by atoms with van der Waals surface area (Å²) in [6.07, 6.45) is 0. The van der Waals surface area contributed by atoms with Crippen LogP contribution in [0.25, 0.3) is 0 Å². The zero-order chi connectivity index (χ0) is 19.5. The second-order valence-corrected chi connectivity index (χ2v) is 8.82. The third-order valence-corrected chi connectivity index (χ3v) is 4.76. The van der Waals surface area contributed by atoms with E-state index in [1.165, 1.54) is 11.3 Å². The van der Waals surface area contributed by atoms with Gasteiger partial charge in [0.1, 0.15) is 11.0 Å². The molecule has 0 saturated heterocycles. The Bertz CT molecular complexity index is 776. The van der Waals surface area contributed by atoms with Gasteiger partial charge in [-0.25, -0.2) is 0 Å². The van der Waals surface area contributed by atoms with Gasteiger partial charge >= 0.3 is 0 Å². The molecular weight excluding hydrogens is 348 g/mol. The molecule has 0 bridgehead atoms. The normalized spacial score (nSPS) is 12.7. The van der Waals surface area contributed by atoms with Crippen molar-refractivity contribution in [2.75, 3.05) is 5.32 Å². The molecule has 7 heteroatoms. The van der Waals surface area contributed by atoms with Gasteiger partial charge in [-0.3, -0.25) is 14.9 Å². The molecule has 2 aromatic rings. The third-order valence-electron chi connectivity index (χ3n) is 4.01. The van der Waals surface area contributed by atoms with Crippen molar-refractivity contribution in [3.63, 3.8) is 0 Å². The first-order chi connectivity index (χ1) is 12.1. The molecule has 0 aliphatic heterocycles. The van der Waals surface area contributed by atoms with E-state index < -0.39 is 6.04 Å². The SMILES string of the molecule is Cc1nnc(NC(=O)C(NC(=O)c2ccc(C(C)(C)C)cc2)C(C)C)s1. The van der Waals surface area contributed by atoms with Gasteiger partial charge in [0.2, 0.25) is 11.0 Å². The van der Waals surface area contributed by atoms with Crippen LogP contribution in [0.5, 0.6) is 0 Å². The van der Waals surface area contributed by atoms with E-state index in [2.05, 4.69) is 41.6 Å². The number of amides is 2. The molecule has 2 amide bonds. The Kier molecular flexibility index (Phi) is 6.13. The van der Waals surface area contributed by atoms with Gasteiger partial charge in [0.25, 0.3) is 5.91 Å². The molecule has 26 heavy (non-hydrogen) atoms. The molecule has 1 unspecified atom stereocenters. The highest BCUT2D eigenvalue weighted by Gasteiger charge is 2.26. The number of benzene rings is 1. The molecule has 1 atom stereocenters. The number of hydrogen-bond acceptors (Lipinski definition) is 5. The number of nitrogens with zero attached hydrogens (tertiary/aromatic N) is 2. The Balaban J connectivity index is 2.08. The van der Waals surface area contributed by atoms with Gasteiger partial charge in [0.15, 0.2) is 0 Å². The van der Waals surface area contributed by atoms with Gasteiger partial charge in [-0.2, -0.15) is 0 Å². The molecule has 0 aliphatic rings. The maximum Gasteiger partial charge on any atom is 0.251 e. The first kappa shape index (κ1) is 20.0. The minimum Gasteiger partial charge on any atom is -0.340 e. The summed E-state index contributed by atoms with van der Waals surface area (Å²) >= 11 is 1.30. The van der Waals surface area contributed by atoms with Crippen LogP contribution in [0.4, 0.5) is 5.13 Å². The van der Waals surface area contributed by atoms with Crippen LogP contribution in [0.3, 0.4) is 0 Å². The zero-order valence-corrected chi connectivity index (χ0v) is 16.9. The molecule has 2 N–H and O–H groups in total. The number of carbonyl (C=O) groups is 2. The number of nitrogens with one attached hydrogen (secondary N) is 2. The van der Waals surface area contributed by atoms with E-state index in [-0.39, 0.29) is 23.1 Å². The minimum absolute atomic E-state index is 0.0230. The van der Waals surface area contributed by atoms with Crippen LogP contribution in [0.1, 0.15) is 55.5 Å². The first-order valence-electron chi connectivity index (χ1n) is 8.60. The summed E-state index contributed by atoms with van der Waals surface area (Å²) in [4.78, 5) is 25.1. The smallest absolute Gasteiger partial charge is 0.251 e. The monoisotopic (exact) mass is 374 g/mol. The number of rotatable bonds is 5. The molecule has 0 radical (unpaired) electrons. The van der Waals surface area contributed by atoms with Crippen molar-refractivity contribution in [3.8, 4) is 0 Å². The van der Waals surface area contributed by atoms with Gasteiger partial charge in [-0.1, -0.05) is 58.1 Å². The van der Waals surface area contributed by atoms with Crippen molar-refractivity contribution in [2.24, 2.45) is 5.92 Å². The highest BCUT2D eigenvalue weighted by atomic mass is 32.1. The summed E-state index contributed by atoms with van der Waals surface area (Å²) in [6, 6.07) is 6.82. The van der Waals surface area contributed by atoms with Crippen molar-refractivity contribution in [1.29, 1.82) is 0 Å². The summed E-state index contributed by atoms with van der Waals surface area (Å²) in [6.45, 7) is 12.0. The quantitative estimate of drug-likeness (QED) is 0.838. The Morgan fingerprint density at radius 3 is 2.15 bits per heavy atom. The van der Waals surface area contributed by atoms with Crippen molar-refractivity contribution >= 4 is 28.3 Å². The molecule has 0 fully saturated rings. The number of carbonyl (C=O) groups excluding carboxylic acids is 2. The van der Waals surface area contributed by atoms with Crippen LogP contribution in [-0.2, 0) is 10.2 Å². The highest BCUT2D eigenvalue weighted by molar-refractivity contribution is 7.15. The summed E-state index contributed by atoms with van der Waals surface area (Å²) in [5.74, 6) is -0.634. The van der Waals surface area contributed by atoms with Crippen molar-refractivity contribution in [1.82, 2.24) is 15.5 Å². The van der Waals surface area contributed by atoms with E-state index in [1.807, 2.05) is 32.9 Å². The van der Waals surface area contributed by atoms with E-state index >= 15 is 0 Å². The average Bonchev–Trinajstić information content (AvgIpc) is 2.96. The topological polar surface area (TPSA) is 84.0 Å². The maximum absolute atomic E-state index is 12.6. The Morgan fingerprint density at radius 1 is 1.08 bits per heavy atom. The van der Waals surface area contributed by atoms with E-state index in [0.717, 1.165) is 10.6 Å². The molecule has 1 aromatic carbocycles. The second kappa shape index (κ2) is 7.95. The standard InChI is InChI=1S/C19H26N4O2S/c1-11(2)15(17(25)21-18-23-22-12(3)26-18)20-16(24)13-7-9-14(10-8-13)19(4,5)6/h7-11,15H,1-6H3,(H,20,24)(H,21,23,25). The van der Waals surface area contributed by atoms with Gasteiger partial charge in [0.05, 0.1) is 0 Å². The molecule has 1 heterocycles. The Morgan fingerprint density at radius 2 is 1.69 bits per heavy atom. The molecule has 1 aromatic heterocycles. The van der Waals surface area contributed by atoms with Gasteiger partial charge < -0.3 is 5.32 Å². The Labute approximate surface area is 158 Å². The van der Waals surface area contributed by atoms with Gasteiger partial charge in [-0.05, 0) is 36.0 Å². The molecule has 0 aliphatic carbocycles. The number of aryl methyl sites for hydroxylation is 1. The molecule has 0 spiro atoms. The largest absolute Gasteiger partial charge is 0.340 e. The van der Waals surface area contributed by atoms with E-state index in [0.29, 0.717) is 10.7 Å². The summed E-state index contributed by atoms with van der Waals surface area (Å²) in [5, 5.41) is 14.5. The van der Waals surface area contributed by atoms with Crippen LogP contribution in [0, 0.1) is 12.8 Å². The predicted octanol–water partition coefficient (Wildman–Crippen LogP) is 3.54. The number of aromatic nitrogens is 2. The first-order valence-corrected chi connectivity index (χ1v) is 9.42. The van der Waals surface area contributed by atoms with E-state index in [1.54, 1.807) is 12.1 Å². The second-order valence-electron chi connectivity index (χ2n) is 7.64. The summed E-state index contributed by atoms with van der Waals surface area (Å²) in [7, 11) is 0. The Hall–Kier alpha value is -2.28. The highest BCUT2D eigenvalue weighted by Crippen LogP contribution is 2.22. The van der Waals surface area contributed by atoms with Crippen LogP contribution in [0.2, 0.25) is 0 Å². The molecule has 0 saturated carbocycles. The van der Waals surface area contributed by atoms with Crippen LogP contribution in [0.15, 0.2) is 24.3 Å². The zero-order valence-electron chi connectivity index (χ0n) is 16.1. The average molecular weight is 375 g/mol. The van der Waals surface area contributed by atoms with E-state index in [4.69, 9.17) is 0 Å². The fourth-order valence-corrected chi connectivity index (χ4v) is 3.01. The molecule has 140 valence electrons. The van der Waals surface area contributed by atoms with Crippen LogP contribution in [-0.4, -0.2) is 28.1 Å². The van der Waals surface area contributed by atoms with Crippen molar-refractivity contribution in [2.45, 2.75) is 53.0 Å². The number of hydrogen-bond donors (Lipinski definition) is 2. The predicted molar refractivity (Wildman–Crippen MR) is 105 cm³/mol. The fraction of sp³-hybridized carbons (Fsp3) is 0.474. The lowest BCUT2D eigenvalue weighted by Crippen LogP contribution is -2.47. The van der Waals surface area contributed by atoms with Crippen LogP contribution >= 0.6 is 11.3 Å². The van der Waals surface area contributed by atoms with Crippen molar-refractivity contribution < 1.29 is 9.59 Å². The van der Waals surface area contributed by atoms with E-state index in [9.17, 15) is 9.59 Å². The molecule has 6 nitrogen and oxygen atoms in total. The summed E-state index contributed by atoms with van der Waals surface area (Å²) in [5.41, 5.74) is 1.71. The molecular formula is C19H26N4O2S. The van der Waals surface area contributed by atoms with Crippen molar-refractivity contribution in [3.05, 3.63) is 40.4 Å². The van der Waals surface area contributed by atoms with Crippen LogP contribution < -0.4 is 10.6 Å². The van der Waals surface area contributed by atoms with Gasteiger partial charge in [-0.15, -0.1) is 10.2 Å².